The van der Waals surface area contributed by atoms with Crippen molar-refractivity contribution < 1.29 is 8.78 Å². The van der Waals surface area contributed by atoms with Crippen LogP contribution >= 0.6 is 0 Å². The molecule has 96 valence electrons. The highest BCUT2D eigenvalue weighted by molar-refractivity contribution is 5.20. The van der Waals surface area contributed by atoms with E-state index in [1.54, 1.807) is 6.07 Å². The molecule has 0 amide bonds. The Balaban J connectivity index is 2.46. The van der Waals surface area contributed by atoms with Crippen LogP contribution in [-0.2, 0) is 0 Å². The monoisotopic (exact) mass is 242 g/mol. The summed E-state index contributed by atoms with van der Waals surface area (Å²) in [5.74, 6) is -1.59. The van der Waals surface area contributed by atoms with Gasteiger partial charge in [-0.25, -0.2) is 8.78 Å². The maximum atomic E-state index is 13.0. The van der Waals surface area contributed by atoms with Gasteiger partial charge in [0, 0.05) is 19.1 Å². The summed E-state index contributed by atoms with van der Waals surface area (Å²) in [5.41, 5.74) is 0.767. The van der Waals surface area contributed by atoms with Gasteiger partial charge in [-0.05, 0) is 38.2 Å². The normalized spacial score (nSPS) is 13.1. The second-order valence-corrected chi connectivity index (χ2v) is 4.25. The number of rotatable bonds is 6. The average molecular weight is 242 g/mol. The molecule has 0 spiro atoms. The second kappa shape index (κ2) is 6.67. The van der Waals surface area contributed by atoms with Gasteiger partial charge in [-0.3, -0.25) is 0 Å². The zero-order valence-electron chi connectivity index (χ0n) is 10.6. The lowest BCUT2D eigenvalue weighted by atomic mass is 10.1. The molecule has 0 saturated carbocycles. The van der Waals surface area contributed by atoms with Crippen LogP contribution in [0.5, 0.6) is 0 Å². The van der Waals surface area contributed by atoms with Gasteiger partial charge in [0.2, 0.25) is 0 Å². The highest BCUT2D eigenvalue weighted by atomic mass is 19.2. The standard InChI is InChI=1S/C13H20F2N2/c1-4-17(3)8-7-16-10(2)11-5-6-12(14)13(15)9-11/h5-6,9-10,16H,4,7-8H2,1-3H3. The van der Waals surface area contributed by atoms with E-state index in [0.717, 1.165) is 25.2 Å². The van der Waals surface area contributed by atoms with Crippen molar-refractivity contribution in [2.75, 3.05) is 26.7 Å². The maximum absolute atomic E-state index is 13.0. The van der Waals surface area contributed by atoms with E-state index in [-0.39, 0.29) is 6.04 Å². The van der Waals surface area contributed by atoms with Gasteiger partial charge in [-0.15, -0.1) is 0 Å². The number of halogens is 2. The van der Waals surface area contributed by atoms with Crippen molar-refractivity contribution in [3.05, 3.63) is 35.4 Å². The number of likely N-dealkylation sites (N-methyl/N-ethyl adjacent to an activating group) is 1. The molecule has 0 aliphatic carbocycles. The van der Waals surface area contributed by atoms with Crippen LogP contribution < -0.4 is 5.32 Å². The summed E-state index contributed by atoms with van der Waals surface area (Å²) >= 11 is 0. The van der Waals surface area contributed by atoms with Crippen LogP contribution in [0.1, 0.15) is 25.5 Å². The lowest BCUT2D eigenvalue weighted by molar-refractivity contribution is 0.342. The van der Waals surface area contributed by atoms with Gasteiger partial charge in [0.1, 0.15) is 0 Å². The minimum atomic E-state index is -0.799. The number of nitrogens with zero attached hydrogens (tertiary/aromatic N) is 1. The van der Waals surface area contributed by atoms with Crippen LogP contribution in [-0.4, -0.2) is 31.6 Å². The van der Waals surface area contributed by atoms with Gasteiger partial charge >= 0.3 is 0 Å². The van der Waals surface area contributed by atoms with Crippen LogP contribution in [0.4, 0.5) is 8.78 Å². The van der Waals surface area contributed by atoms with Crippen molar-refractivity contribution in [1.82, 2.24) is 10.2 Å². The van der Waals surface area contributed by atoms with Crippen molar-refractivity contribution in [2.45, 2.75) is 19.9 Å². The molecular weight excluding hydrogens is 222 g/mol. The average Bonchev–Trinajstić information content (AvgIpc) is 2.32. The molecule has 17 heavy (non-hydrogen) atoms. The van der Waals surface area contributed by atoms with Crippen LogP contribution in [0.2, 0.25) is 0 Å². The van der Waals surface area contributed by atoms with E-state index in [9.17, 15) is 8.78 Å². The Morgan fingerprint density at radius 2 is 2.00 bits per heavy atom. The Morgan fingerprint density at radius 3 is 2.59 bits per heavy atom. The lowest BCUT2D eigenvalue weighted by Gasteiger charge is -2.18. The van der Waals surface area contributed by atoms with E-state index in [2.05, 4.69) is 17.1 Å². The Hall–Kier alpha value is -1.00. The predicted octanol–water partition coefficient (Wildman–Crippen LogP) is 2.57. The van der Waals surface area contributed by atoms with E-state index < -0.39 is 11.6 Å². The topological polar surface area (TPSA) is 15.3 Å². The summed E-state index contributed by atoms with van der Waals surface area (Å²) in [7, 11) is 2.05. The third-order valence-corrected chi connectivity index (χ3v) is 2.93. The minimum Gasteiger partial charge on any atom is -0.309 e. The molecule has 1 aromatic rings. The summed E-state index contributed by atoms with van der Waals surface area (Å²) < 4.78 is 25.8. The van der Waals surface area contributed by atoms with Crippen molar-refractivity contribution in [2.24, 2.45) is 0 Å². The van der Waals surface area contributed by atoms with Gasteiger partial charge in [0.15, 0.2) is 11.6 Å². The van der Waals surface area contributed by atoms with Crippen molar-refractivity contribution in [3.63, 3.8) is 0 Å². The number of benzene rings is 1. The first-order valence-electron chi connectivity index (χ1n) is 5.91. The number of hydrogen-bond acceptors (Lipinski definition) is 2. The molecule has 1 rings (SSSR count). The lowest BCUT2D eigenvalue weighted by Crippen LogP contribution is -2.30. The minimum absolute atomic E-state index is 0.0235. The van der Waals surface area contributed by atoms with Crippen molar-refractivity contribution in [1.29, 1.82) is 0 Å². The molecule has 0 saturated heterocycles. The molecule has 0 radical (unpaired) electrons. The molecule has 0 heterocycles. The van der Waals surface area contributed by atoms with Gasteiger partial charge < -0.3 is 10.2 Å². The summed E-state index contributed by atoms with van der Waals surface area (Å²) in [6.45, 7) is 6.80. The van der Waals surface area contributed by atoms with E-state index in [1.165, 1.54) is 12.1 Å². The molecule has 2 nitrogen and oxygen atoms in total. The Bertz CT molecular complexity index is 355. The quantitative estimate of drug-likeness (QED) is 0.824. The van der Waals surface area contributed by atoms with Crippen LogP contribution in [0, 0.1) is 11.6 Å². The molecule has 0 bridgehead atoms. The molecule has 0 aromatic heterocycles. The van der Waals surface area contributed by atoms with Gasteiger partial charge in [-0.1, -0.05) is 13.0 Å². The highest BCUT2D eigenvalue weighted by Crippen LogP contribution is 2.15. The Labute approximate surface area is 102 Å². The SMILES string of the molecule is CCN(C)CCNC(C)c1ccc(F)c(F)c1. The zero-order valence-corrected chi connectivity index (χ0v) is 10.6. The number of nitrogens with one attached hydrogen (secondary N) is 1. The highest BCUT2D eigenvalue weighted by Gasteiger charge is 2.08. The largest absolute Gasteiger partial charge is 0.309 e. The van der Waals surface area contributed by atoms with Crippen molar-refractivity contribution in [3.8, 4) is 0 Å². The molecule has 0 aliphatic heterocycles. The molecule has 1 N–H and O–H groups in total. The summed E-state index contributed by atoms with van der Waals surface area (Å²) in [4.78, 5) is 2.19. The fraction of sp³-hybridized carbons (Fsp3) is 0.538. The second-order valence-electron chi connectivity index (χ2n) is 4.25. The molecule has 1 aromatic carbocycles. The van der Waals surface area contributed by atoms with Crippen LogP contribution in [0.25, 0.3) is 0 Å². The molecule has 4 heteroatoms. The fourth-order valence-corrected chi connectivity index (χ4v) is 1.53. The van der Waals surface area contributed by atoms with Crippen molar-refractivity contribution >= 4 is 0 Å². The third kappa shape index (κ3) is 4.40. The Kier molecular flexibility index (Phi) is 5.51. The van der Waals surface area contributed by atoms with E-state index in [0.29, 0.717) is 0 Å². The van der Waals surface area contributed by atoms with Gasteiger partial charge in [-0.2, -0.15) is 0 Å². The van der Waals surface area contributed by atoms with Crippen LogP contribution in [0.15, 0.2) is 18.2 Å². The van der Waals surface area contributed by atoms with E-state index in [4.69, 9.17) is 0 Å². The molecule has 0 aliphatic rings. The summed E-state index contributed by atoms with van der Waals surface area (Å²) in [6.07, 6.45) is 0. The molecule has 0 fully saturated rings. The zero-order chi connectivity index (χ0) is 12.8. The smallest absolute Gasteiger partial charge is 0.159 e. The first-order valence-corrected chi connectivity index (χ1v) is 5.91. The first-order chi connectivity index (χ1) is 8.04. The Morgan fingerprint density at radius 1 is 1.29 bits per heavy atom. The maximum Gasteiger partial charge on any atom is 0.159 e. The van der Waals surface area contributed by atoms with Gasteiger partial charge in [0.05, 0.1) is 0 Å². The first kappa shape index (κ1) is 14.1. The molecule has 1 atom stereocenters. The molecular formula is C13H20F2N2. The number of hydrogen-bond donors (Lipinski definition) is 1. The van der Waals surface area contributed by atoms with Crippen LogP contribution in [0.3, 0.4) is 0 Å². The molecule has 1 unspecified atom stereocenters. The van der Waals surface area contributed by atoms with E-state index >= 15 is 0 Å². The van der Waals surface area contributed by atoms with E-state index in [1.807, 2.05) is 14.0 Å². The fourth-order valence-electron chi connectivity index (χ4n) is 1.53. The summed E-state index contributed by atoms with van der Waals surface area (Å²) in [6, 6.07) is 4.05. The predicted molar refractivity (Wildman–Crippen MR) is 65.9 cm³/mol. The summed E-state index contributed by atoms with van der Waals surface area (Å²) in [5, 5.41) is 3.28. The third-order valence-electron chi connectivity index (χ3n) is 2.93. The van der Waals surface area contributed by atoms with Gasteiger partial charge in [0.25, 0.3) is 0 Å².